The fourth-order valence-corrected chi connectivity index (χ4v) is 2.37. The Morgan fingerprint density at radius 2 is 2.20 bits per heavy atom. The van der Waals surface area contributed by atoms with Crippen molar-refractivity contribution in [1.29, 1.82) is 0 Å². The van der Waals surface area contributed by atoms with E-state index in [1.807, 2.05) is 0 Å². The molecule has 0 amide bonds. The molecule has 0 unspecified atom stereocenters. The minimum absolute atomic E-state index is 0.193. The van der Waals surface area contributed by atoms with Gasteiger partial charge in [0.05, 0.1) is 0 Å². The predicted octanol–water partition coefficient (Wildman–Crippen LogP) is 1.36. The largest absolute Gasteiger partial charge is 0.359 e. The van der Waals surface area contributed by atoms with Gasteiger partial charge in [0, 0.05) is 31.9 Å². The van der Waals surface area contributed by atoms with Crippen LogP contribution in [0.1, 0.15) is 24.8 Å². The van der Waals surface area contributed by atoms with E-state index >= 15 is 0 Å². The smallest absolute Gasteiger partial charge is 0.108 e. The zero-order valence-electron chi connectivity index (χ0n) is 9.37. The molecule has 1 aliphatic heterocycles. The van der Waals surface area contributed by atoms with Crippen molar-refractivity contribution in [3.63, 3.8) is 0 Å². The van der Waals surface area contributed by atoms with Gasteiger partial charge in [0.15, 0.2) is 0 Å². The van der Waals surface area contributed by atoms with Crippen LogP contribution >= 0.6 is 0 Å². The van der Waals surface area contributed by atoms with Crippen LogP contribution in [-0.2, 0) is 13.0 Å². The molecule has 1 saturated carbocycles. The topological polar surface area (TPSA) is 34.2 Å². The third-order valence-corrected chi connectivity index (χ3v) is 3.80. The maximum atomic E-state index is 6.10. The zero-order chi connectivity index (χ0) is 10.5. The molecule has 3 nitrogen and oxygen atoms in total. The summed E-state index contributed by atoms with van der Waals surface area (Å²) in [6.45, 7) is 2.29. The van der Waals surface area contributed by atoms with E-state index in [4.69, 9.17) is 5.73 Å². The van der Waals surface area contributed by atoms with E-state index in [0.717, 1.165) is 25.9 Å². The van der Waals surface area contributed by atoms with Crippen molar-refractivity contribution in [2.45, 2.75) is 37.8 Å². The number of nitrogens with zero attached hydrogens (tertiary/aromatic N) is 2. The highest BCUT2D eigenvalue weighted by atomic mass is 15.3. The second kappa shape index (κ2) is 3.01. The standard InChI is InChI=1S/C12H19N3/c1-14-6-7-15-9-10(8-11(14)15)2-3-12(13)4-5-12/h8-9H,2-7,13H2,1H3. The minimum Gasteiger partial charge on any atom is -0.359 e. The van der Waals surface area contributed by atoms with Crippen molar-refractivity contribution in [2.24, 2.45) is 5.73 Å². The summed E-state index contributed by atoms with van der Waals surface area (Å²) in [5.74, 6) is 1.37. The van der Waals surface area contributed by atoms with Crippen molar-refractivity contribution in [3.8, 4) is 0 Å². The summed E-state index contributed by atoms with van der Waals surface area (Å²) in [6, 6.07) is 2.32. The van der Waals surface area contributed by atoms with Crippen LogP contribution in [0.15, 0.2) is 12.3 Å². The summed E-state index contributed by atoms with van der Waals surface area (Å²) < 4.78 is 2.35. The fraction of sp³-hybridized carbons (Fsp3) is 0.667. The molecule has 3 rings (SSSR count). The van der Waals surface area contributed by atoms with E-state index in [1.54, 1.807) is 0 Å². The van der Waals surface area contributed by atoms with E-state index < -0.39 is 0 Å². The predicted molar refractivity (Wildman–Crippen MR) is 62.2 cm³/mol. The molecule has 1 fully saturated rings. The fourth-order valence-electron chi connectivity index (χ4n) is 2.37. The molecule has 2 heterocycles. The molecule has 2 N–H and O–H groups in total. The molecule has 0 aromatic carbocycles. The van der Waals surface area contributed by atoms with E-state index in [9.17, 15) is 0 Å². The molecular weight excluding hydrogens is 186 g/mol. The van der Waals surface area contributed by atoms with Crippen molar-refractivity contribution >= 4 is 5.82 Å². The lowest BCUT2D eigenvalue weighted by Gasteiger charge is -2.08. The van der Waals surface area contributed by atoms with Crippen molar-refractivity contribution in [1.82, 2.24) is 4.57 Å². The molecule has 0 atom stereocenters. The van der Waals surface area contributed by atoms with Crippen LogP contribution < -0.4 is 10.6 Å². The Hall–Kier alpha value is -0.960. The summed E-state index contributed by atoms with van der Waals surface area (Å²) >= 11 is 0. The van der Waals surface area contributed by atoms with E-state index in [1.165, 1.54) is 24.2 Å². The first-order chi connectivity index (χ1) is 7.16. The van der Waals surface area contributed by atoms with Crippen molar-refractivity contribution in [2.75, 3.05) is 18.5 Å². The average molecular weight is 205 g/mol. The number of hydrogen-bond donors (Lipinski definition) is 1. The highest BCUT2D eigenvalue weighted by Gasteiger charge is 2.37. The molecule has 1 aromatic rings. The van der Waals surface area contributed by atoms with Gasteiger partial charge in [0.2, 0.25) is 0 Å². The van der Waals surface area contributed by atoms with Crippen molar-refractivity contribution < 1.29 is 0 Å². The summed E-state index contributed by atoms with van der Waals surface area (Å²) in [5.41, 5.74) is 7.74. The van der Waals surface area contributed by atoms with Crippen LogP contribution in [0.4, 0.5) is 5.82 Å². The number of fused-ring (bicyclic) bond motifs is 1. The van der Waals surface area contributed by atoms with Gasteiger partial charge in [-0.25, -0.2) is 0 Å². The van der Waals surface area contributed by atoms with Crippen molar-refractivity contribution in [3.05, 3.63) is 17.8 Å². The summed E-state index contributed by atoms with van der Waals surface area (Å²) in [6.07, 6.45) is 7.04. The number of likely N-dealkylation sites (N-methyl/N-ethyl adjacent to an activating group) is 1. The van der Waals surface area contributed by atoms with Crippen LogP contribution in [0, 0.1) is 0 Å². The summed E-state index contributed by atoms with van der Waals surface area (Å²) in [7, 11) is 2.16. The Kier molecular flexibility index (Phi) is 1.87. The zero-order valence-corrected chi connectivity index (χ0v) is 9.37. The molecule has 0 saturated heterocycles. The van der Waals surface area contributed by atoms with E-state index in [0.29, 0.717) is 0 Å². The molecule has 2 aliphatic rings. The monoisotopic (exact) mass is 205 g/mol. The number of aryl methyl sites for hydroxylation is 1. The number of anilines is 1. The lowest BCUT2D eigenvalue weighted by molar-refractivity contribution is 0.608. The first kappa shape index (κ1) is 9.28. The van der Waals surface area contributed by atoms with Crippen LogP contribution in [0.2, 0.25) is 0 Å². The molecule has 82 valence electrons. The number of nitrogens with two attached hydrogens (primary N) is 1. The highest BCUT2D eigenvalue weighted by molar-refractivity contribution is 5.46. The number of hydrogen-bond acceptors (Lipinski definition) is 2. The molecule has 15 heavy (non-hydrogen) atoms. The van der Waals surface area contributed by atoms with E-state index in [2.05, 4.69) is 28.8 Å². The Morgan fingerprint density at radius 1 is 1.40 bits per heavy atom. The minimum atomic E-state index is 0.193. The molecule has 1 aromatic heterocycles. The van der Waals surface area contributed by atoms with Crippen LogP contribution in [0.25, 0.3) is 0 Å². The van der Waals surface area contributed by atoms with Gasteiger partial charge in [-0.2, -0.15) is 0 Å². The van der Waals surface area contributed by atoms with Gasteiger partial charge in [-0.15, -0.1) is 0 Å². The van der Waals surface area contributed by atoms with E-state index in [-0.39, 0.29) is 5.54 Å². The van der Waals surface area contributed by atoms with Gasteiger partial charge in [-0.3, -0.25) is 0 Å². The van der Waals surface area contributed by atoms with Crippen LogP contribution in [0.3, 0.4) is 0 Å². The lowest BCUT2D eigenvalue weighted by atomic mass is 10.1. The molecule has 0 spiro atoms. The highest BCUT2D eigenvalue weighted by Crippen LogP contribution is 2.37. The van der Waals surface area contributed by atoms with Crippen LogP contribution in [0.5, 0.6) is 0 Å². The molecule has 0 bridgehead atoms. The number of rotatable bonds is 3. The van der Waals surface area contributed by atoms with Gasteiger partial charge in [-0.05, 0) is 37.3 Å². The Labute approximate surface area is 90.9 Å². The molecule has 1 aliphatic carbocycles. The second-order valence-electron chi connectivity index (χ2n) is 5.18. The first-order valence-electron chi connectivity index (χ1n) is 5.85. The Balaban J connectivity index is 1.69. The Bertz CT molecular complexity index is 376. The summed E-state index contributed by atoms with van der Waals surface area (Å²) in [4.78, 5) is 2.32. The van der Waals surface area contributed by atoms with Gasteiger partial charge < -0.3 is 15.2 Å². The van der Waals surface area contributed by atoms with Crippen LogP contribution in [-0.4, -0.2) is 23.7 Å². The molecular formula is C12H19N3. The third-order valence-electron chi connectivity index (χ3n) is 3.80. The quantitative estimate of drug-likeness (QED) is 0.808. The maximum absolute atomic E-state index is 6.10. The second-order valence-corrected chi connectivity index (χ2v) is 5.18. The Morgan fingerprint density at radius 3 is 2.87 bits per heavy atom. The average Bonchev–Trinajstić information content (AvgIpc) is 2.69. The molecule has 3 heteroatoms. The third kappa shape index (κ3) is 1.65. The van der Waals surface area contributed by atoms with Gasteiger partial charge in [0.25, 0.3) is 0 Å². The SMILES string of the molecule is CN1CCn2cc(CCC3(N)CC3)cc21. The van der Waals surface area contributed by atoms with Gasteiger partial charge in [0.1, 0.15) is 5.82 Å². The summed E-state index contributed by atoms with van der Waals surface area (Å²) in [5, 5.41) is 0. The van der Waals surface area contributed by atoms with Gasteiger partial charge >= 0.3 is 0 Å². The normalized spacial score (nSPS) is 21.9. The molecule has 0 radical (unpaired) electrons. The maximum Gasteiger partial charge on any atom is 0.108 e. The first-order valence-corrected chi connectivity index (χ1v) is 5.85. The lowest BCUT2D eigenvalue weighted by Crippen LogP contribution is -2.22. The van der Waals surface area contributed by atoms with Gasteiger partial charge in [-0.1, -0.05) is 0 Å². The number of aromatic nitrogens is 1.